The van der Waals surface area contributed by atoms with E-state index in [-0.39, 0.29) is 0 Å². The van der Waals surface area contributed by atoms with Gasteiger partial charge in [0.15, 0.2) is 0 Å². The Balaban J connectivity index is 3.58. The van der Waals surface area contributed by atoms with Crippen LogP contribution in [0.1, 0.15) is 15.9 Å². The number of carbonyl (C=O) groups excluding carboxylic acids is 1. The predicted octanol–water partition coefficient (Wildman–Crippen LogP) is 1.71. The number of nitrogens with zero attached hydrogens (tertiary/aromatic N) is 1. The molecule has 1 aromatic carbocycles. The molecule has 0 atom stereocenters. The van der Waals surface area contributed by atoms with E-state index in [1.165, 1.54) is 0 Å². The third-order valence-electron chi connectivity index (χ3n) is 1.79. The Hall–Kier alpha value is -2.12. The molecule has 0 saturated heterocycles. The first-order valence-corrected chi connectivity index (χ1v) is 3.89. The van der Waals surface area contributed by atoms with Crippen molar-refractivity contribution in [2.75, 3.05) is 0 Å². The van der Waals surface area contributed by atoms with Gasteiger partial charge in [0.25, 0.3) is 11.6 Å². The molecular weight excluding hydrogens is 229 g/mol. The number of primary amides is 1. The van der Waals surface area contributed by atoms with Gasteiger partial charge < -0.3 is 5.73 Å². The topological polar surface area (TPSA) is 86.2 Å². The van der Waals surface area contributed by atoms with Crippen molar-refractivity contribution >= 4 is 11.6 Å². The lowest BCUT2D eigenvalue weighted by Crippen LogP contribution is -2.20. The van der Waals surface area contributed by atoms with Gasteiger partial charge in [-0.05, 0) is 6.07 Å². The Morgan fingerprint density at radius 1 is 1.38 bits per heavy atom. The van der Waals surface area contributed by atoms with Crippen molar-refractivity contribution in [1.29, 1.82) is 0 Å². The van der Waals surface area contributed by atoms with E-state index in [0.29, 0.717) is 6.07 Å². The van der Waals surface area contributed by atoms with Crippen LogP contribution in [0.4, 0.5) is 18.9 Å². The third-order valence-corrected chi connectivity index (χ3v) is 1.79. The molecule has 1 amide bonds. The van der Waals surface area contributed by atoms with E-state index in [2.05, 4.69) is 0 Å². The van der Waals surface area contributed by atoms with E-state index in [9.17, 15) is 28.1 Å². The fourth-order valence-corrected chi connectivity index (χ4v) is 1.19. The minimum absolute atomic E-state index is 0.563. The van der Waals surface area contributed by atoms with Crippen molar-refractivity contribution in [2.24, 2.45) is 5.73 Å². The van der Waals surface area contributed by atoms with Gasteiger partial charge in [-0.3, -0.25) is 14.9 Å². The predicted molar refractivity (Wildman–Crippen MR) is 46.6 cm³/mol. The average Bonchev–Trinajstić information content (AvgIpc) is 2.14. The Labute approximate surface area is 86.8 Å². The van der Waals surface area contributed by atoms with Gasteiger partial charge in [0.1, 0.15) is 5.56 Å². The summed E-state index contributed by atoms with van der Waals surface area (Å²) in [5.74, 6) is -1.49. The van der Waals surface area contributed by atoms with Crippen molar-refractivity contribution in [3.63, 3.8) is 0 Å². The molecule has 0 spiro atoms. The van der Waals surface area contributed by atoms with E-state index < -0.39 is 33.8 Å². The molecular formula is C8H5F3N2O3. The standard InChI is InChI=1S/C8H5F3N2O3/c9-8(10,11)4-2-1-3-5(13(15)16)6(4)7(12)14/h1-3H,(H2,12,14). The maximum atomic E-state index is 12.4. The van der Waals surface area contributed by atoms with E-state index in [1.807, 2.05) is 0 Å². The second-order valence-electron chi connectivity index (χ2n) is 2.82. The number of alkyl halides is 3. The molecule has 2 N–H and O–H groups in total. The SMILES string of the molecule is NC(=O)c1c([N+](=O)[O-])cccc1C(F)(F)F. The lowest BCUT2D eigenvalue weighted by Gasteiger charge is -2.10. The van der Waals surface area contributed by atoms with Crippen LogP contribution in [0.15, 0.2) is 18.2 Å². The number of halogens is 3. The van der Waals surface area contributed by atoms with Gasteiger partial charge in [0.2, 0.25) is 0 Å². The summed E-state index contributed by atoms with van der Waals surface area (Å²) in [6.45, 7) is 0. The zero-order valence-electron chi connectivity index (χ0n) is 7.62. The van der Waals surface area contributed by atoms with E-state index in [4.69, 9.17) is 5.73 Å². The molecule has 0 aliphatic carbocycles. The molecule has 0 aliphatic heterocycles. The quantitative estimate of drug-likeness (QED) is 0.624. The minimum atomic E-state index is -4.86. The Morgan fingerprint density at radius 3 is 2.31 bits per heavy atom. The molecule has 0 aromatic heterocycles. The summed E-state index contributed by atoms with van der Waals surface area (Å²) in [6.07, 6.45) is -4.86. The number of rotatable bonds is 2. The molecule has 1 aromatic rings. The highest BCUT2D eigenvalue weighted by Gasteiger charge is 2.38. The molecule has 16 heavy (non-hydrogen) atoms. The van der Waals surface area contributed by atoms with Crippen LogP contribution in [0.3, 0.4) is 0 Å². The largest absolute Gasteiger partial charge is 0.417 e. The number of amides is 1. The Kier molecular flexibility index (Phi) is 2.84. The van der Waals surface area contributed by atoms with Crippen molar-refractivity contribution in [2.45, 2.75) is 6.18 Å². The van der Waals surface area contributed by atoms with Crippen molar-refractivity contribution in [1.82, 2.24) is 0 Å². The van der Waals surface area contributed by atoms with E-state index >= 15 is 0 Å². The summed E-state index contributed by atoms with van der Waals surface area (Å²) in [7, 11) is 0. The molecule has 0 fully saturated rings. The molecule has 0 heterocycles. The Bertz CT molecular complexity index is 456. The van der Waals surface area contributed by atoms with Gasteiger partial charge in [0, 0.05) is 6.07 Å². The van der Waals surface area contributed by atoms with Crippen LogP contribution < -0.4 is 5.73 Å². The molecule has 86 valence electrons. The number of hydrogen-bond donors (Lipinski definition) is 1. The fraction of sp³-hybridized carbons (Fsp3) is 0.125. The number of nitrogens with two attached hydrogens (primary N) is 1. The Morgan fingerprint density at radius 2 is 1.94 bits per heavy atom. The molecule has 0 unspecified atom stereocenters. The zero-order chi connectivity index (χ0) is 12.5. The van der Waals surface area contributed by atoms with Gasteiger partial charge >= 0.3 is 6.18 Å². The van der Waals surface area contributed by atoms with Crippen LogP contribution in [0.2, 0.25) is 0 Å². The summed E-state index contributed by atoms with van der Waals surface area (Å²) < 4.78 is 37.3. The maximum absolute atomic E-state index is 12.4. The molecule has 0 saturated carbocycles. The first kappa shape index (κ1) is 12.0. The average molecular weight is 234 g/mol. The lowest BCUT2D eigenvalue weighted by atomic mass is 10.0. The van der Waals surface area contributed by atoms with Crippen molar-refractivity contribution in [3.8, 4) is 0 Å². The lowest BCUT2D eigenvalue weighted by molar-refractivity contribution is -0.385. The number of hydrogen-bond acceptors (Lipinski definition) is 3. The molecule has 0 aliphatic rings. The van der Waals surface area contributed by atoms with Gasteiger partial charge in [0.05, 0.1) is 10.5 Å². The van der Waals surface area contributed by atoms with Crippen LogP contribution in [0.5, 0.6) is 0 Å². The maximum Gasteiger partial charge on any atom is 0.417 e. The zero-order valence-corrected chi connectivity index (χ0v) is 7.62. The van der Waals surface area contributed by atoms with Crippen molar-refractivity contribution in [3.05, 3.63) is 39.4 Å². The van der Waals surface area contributed by atoms with Gasteiger partial charge in [-0.25, -0.2) is 0 Å². The van der Waals surface area contributed by atoms with Crippen LogP contribution in [0, 0.1) is 10.1 Å². The normalized spacial score (nSPS) is 11.2. The molecule has 1 rings (SSSR count). The smallest absolute Gasteiger partial charge is 0.365 e. The van der Waals surface area contributed by atoms with Crippen LogP contribution in [0.25, 0.3) is 0 Å². The number of carbonyl (C=O) groups is 1. The van der Waals surface area contributed by atoms with Crippen LogP contribution in [-0.4, -0.2) is 10.8 Å². The number of nitro groups is 1. The van der Waals surface area contributed by atoms with Crippen LogP contribution in [-0.2, 0) is 6.18 Å². The third kappa shape index (κ3) is 2.10. The van der Waals surface area contributed by atoms with Crippen LogP contribution >= 0.6 is 0 Å². The summed E-state index contributed by atoms with van der Waals surface area (Å²) in [6, 6.07) is 2.19. The van der Waals surface area contributed by atoms with Gasteiger partial charge in [-0.15, -0.1) is 0 Å². The minimum Gasteiger partial charge on any atom is -0.365 e. The van der Waals surface area contributed by atoms with E-state index in [1.54, 1.807) is 0 Å². The number of benzene rings is 1. The number of nitro benzene ring substituents is 1. The summed E-state index contributed by atoms with van der Waals surface area (Å²) in [5.41, 5.74) is 1.22. The molecule has 0 bridgehead atoms. The second-order valence-corrected chi connectivity index (χ2v) is 2.82. The molecule has 5 nitrogen and oxygen atoms in total. The molecule has 0 radical (unpaired) electrons. The fourth-order valence-electron chi connectivity index (χ4n) is 1.19. The first-order chi connectivity index (χ1) is 7.25. The second kappa shape index (κ2) is 3.80. The first-order valence-electron chi connectivity index (χ1n) is 3.89. The monoisotopic (exact) mass is 234 g/mol. The van der Waals surface area contributed by atoms with Crippen molar-refractivity contribution < 1.29 is 22.9 Å². The summed E-state index contributed by atoms with van der Waals surface area (Å²) in [5, 5.41) is 10.4. The highest BCUT2D eigenvalue weighted by molar-refractivity contribution is 5.98. The highest BCUT2D eigenvalue weighted by atomic mass is 19.4. The van der Waals surface area contributed by atoms with Gasteiger partial charge in [-0.1, -0.05) is 6.07 Å². The van der Waals surface area contributed by atoms with Gasteiger partial charge in [-0.2, -0.15) is 13.2 Å². The summed E-state index contributed by atoms with van der Waals surface area (Å²) in [4.78, 5) is 20.2. The molecule has 8 heteroatoms. The van der Waals surface area contributed by atoms with E-state index in [0.717, 1.165) is 12.1 Å². The highest BCUT2D eigenvalue weighted by Crippen LogP contribution is 2.35. The summed E-state index contributed by atoms with van der Waals surface area (Å²) >= 11 is 0.